The molecule has 6 heteroatoms. The van der Waals surface area contributed by atoms with Gasteiger partial charge in [0.2, 0.25) is 0 Å². The summed E-state index contributed by atoms with van der Waals surface area (Å²) in [6.07, 6.45) is 0. The van der Waals surface area contributed by atoms with E-state index in [9.17, 15) is 4.39 Å². The summed E-state index contributed by atoms with van der Waals surface area (Å²) in [6.45, 7) is 0.456. The molecule has 21 heavy (non-hydrogen) atoms. The molecule has 2 aromatic rings. The van der Waals surface area contributed by atoms with Crippen molar-refractivity contribution >= 4 is 17.3 Å². The van der Waals surface area contributed by atoms with E-state index >= 15 is 0 Å². The summed E-state index contributed by atoms with van der Waals surface area (Å²) in [5, 5.41) is 12.3. The lowest BCUT2D eigenvalue weighted by molar-refractivity contribution is 0.302. The van der Waals surface area contributed by atoms with Gasteiger partial charge in [-0.25, -0.2) is 4.39 Å². The molecule has 0 unspecified atom stereocenters. The van der Waals surface area contributed by atoms with Gasteiger partial charge in [-0.1, -0.05) is 22.8 Å². The van der Waals surface area contributed by atoms with Gasteiger partial charge in [-0.15, -0.1) is 0 Å². The van der Waals surface area contributed by atoms with Crippen molar-refractivity contribution in [1.29, 1.82) is 0 Å². The van der Waals surface area contributed by atoms with Gasteiger partial charge in [0.1, 0.15) is 36.2 Å². The molecule has 108 valence electrons. The zero-order valence-electron chi connectivity index (χ0n) is 10.8. The first-order chi connectivity index (χ1) is 10.2. The molecule has 2 aromatic carbocycles. The van der Waals surface area contributed by atoms with Crippen LogP contribution in [0.4, 0.5) is 4.39 Å². The van der Waals surface area contributed by atoms with Crippen LogP contribution in [0.2, 0.25) is 5.02 Å². The second-order valence-corrected chi connectivity index (χ2v) is 4.92. The number of rotatable bonds is 3. The SMILES string of the molecule is ON=C1COc2cc(OCc3ccc(F)cc3Cl)ccc21. The van der Waals surface area contributed by atoms with Gasteiger partial charge in [0.05, 0.1) is 5.02 Å². The summed E-state index contributed by atoms with van der Waals surface area (Å²) in [7, 11) is 0. The first kappa shape index (κ1) is 13.7. The van der Waals surface area contributed by atoms with Crippen molar-refractivity contribution in [2.75, 3.05) is 6.61 Å². The zero-order valence-corrected chi connectivity index (χ0v) is 11.6. The third-order valence-corrected chi connectivity index (χ3v) is 3.51. The maximum Gasteiger partial charge on any atom is 0.134 e. The largest absolute Gasteiger partial charge is 0.489 e. The van der Waals surface area contributed by atoms with Crippen LogP contribution in [-0.2, 0) is 6.61 Å². The van der Waals surface area contributed by atoms with Crippen LogP contribution >= 0.6 is 11.6 Å². The molecular weight excluding hydrogens is 297 g/mol. The third-order valence-electron chi connectivity index (χ3n) is 3.16. The number of hydrogen-bond donors (Lipinski definition) is 1. The molecule has 0 aromatic heterocycles. The lowest BCUT2D eigenvalue weighted by Crippen LogP contribution is -2.01. The van der Waals surface area contributed by atoms with Crippen LogP contribution in [0.15, 0.2) is 41.6 Å². The van der Waals surface area contributed by atoms with Crippen LogP contribution in [0.3, 0.4) is 0 Å². The maximum absolute atomic E-state index is 13.0. The van der Waals surface area contributed by atoms with E-state index in [0.29, 0.717) is 27.8 Å². The number of hydrogen-bond acceptors (Lipinski definition) is 4. The molecule has 0 atom stereocenters. The molecule has 0 saturated heterocycles. The Morgan fingerprint density at radius 2 is 2.14 bits per heavy atom. The van der Waals surface area contributed by atoms with E-state index < -0.39 is 0 Å². The molecule has 0 spiro atoms. The molecule has 0 amide bonds. The lowest BCUT2D eigenvalue weighted by atomic mass is 10.1. The molecule has 0 bridgehead atoms. The van der Waals surface area contributed by atoms with Crippen molar-refractivity contribution in [3.63, 3.8) is 0 Å². The minimum Gasteiger partial charge on any atom is -0.489 e. The Bertz CT molecular complexity index is 718. The fourth-order valence-corrected chi connectivity index (χ4v) is 2.28. The van der Waals surface area contributed by atoms with Crippen LogP contribution in [-0.4, -0.2) is 17.5 Å². The fraction of sp³-hybridized carbons (Fsp3) is 0.133. The highest BCUT2D eigenvalue weighted by molar-refractivity contribution is 6.31. The fourth-order valence-electron chi connectivity index (χ4n) is 2.06. The highest BCUT2D eigenvalue weighted by atomic mass is 35.5. The van der Waals surface area contributed by atoms with Gasteiger partial charge in [-0.2, -0.15) is 0 Å². The standard InChI is InChI=1S/C15H11ClFNO3/c16-13-5-10(17)2-1-9(13)7-20-11-3-4-12-14(18-19)8-21-15(12)6-11/h1-6,19H,7-8H2. The second kappa shape index (κ2) is 5.61. The molecular formula is C15H11ClFNO3. The Kier molecular flexibility index (Phi) is 3.66. The van der Waals surface area contributed by atoms with E-state index in [1.165, 1.54) is 12.1 Å². The van der Waals surface area contributed by atoms with Crippen molar-refractivity contribution < 1.29 is 19.1 Å². The van der Waals surface area contributed by atoms with Crippen LogP contribution in [0.25, 0.3) is 0 Å². The van der Waals surface area contributed by atoms with Crippen LogP contribution < -0.4 is 9.47 Å². The highest BCUT2D eigenvalue weighted by Gasteiger charge is 2.20. The van der Waals surface area contributed by atoms with Crippen LogP contribution in [0.5, 0.6) is 11.5 Å². The molecule has 3 rings (SSSR count). The molecule has 0 saturated carbocycles. The Balaban J connectivity index is 1.75. The Morgan fingerprint density at radius 3 is 2.90 bits per heavy atom. The van der Waals surface area contributed by atoms with E-state index in [2.05, 4.69) is 5.16 Å². The molecule has 0 radical (unpaired) electrons. The molecule has 1 aliphatic heterocycles. The van der Waals surface area contributed by atoms with Gasteiger partial charge < -0.3 is 14.7 Å². The Morgan fingerprint density at radius 1 is 1.29 bits per heavy atom. The molecule has 0 fully saturated rings. The summed E-state index contributed by atoms with van der Waals surface area (Å²) in [5.74, 6) is 0.810. The van der Waals surface area contributed by atoms with E-state index in [4.69, 9.17) is 26.3 Å². The zero-order chi connectivity index (χ0) is 14.8. The average molecular weight is 308 g/mol. The van der Waals surface area contributed by atoms with E-state index in [1.807, 2.05) is 0 Å². The van der Waals surface area contributed by atoms with Gasteiger partial charge >= 0.3 is 0 Å². The summed E-state index contributed by atoms with van der Waals surface area (Å²) in [4.78, 5) is 0. The predicted molar refractivity (Wildman–Crippen MR) is 76.0 cm³/mol. The topological polar surface area (TPSA) is 51.1 Å². The summed E-state index contributed by atoms with van der Waals surface area (Å²) < 4.78 is 24.0. The summed E-state index contributed by atoms with van der Waals surface area (Å²) in [5.41, 5.74) is 1.92. The van der Waals surface area contributed by atoms with Crippen molar-refractivity contribution in [3.05, 3.63) is 58.4 Å². The maximum atomic E-state index is 13.0. The van der Waals surface area contributed by atoms with Gasteiger partial charge in [-0.3, -0.25) is 0 Å². The summed E-state index contributed by atoms with van der Waals surface area (Å²) >= 11 is 5.94. The van der Waals surface area contributed by atoms with Gasteiger partial charge in [-0.05, 0) is 24.3 Å². The van der Waals surface area contributed by atoms with E-state index in [0.717, 1.165) is 5.56 Å². The normalized spacial score (nSPS) is 14.9. The molecule has 1 heterocycles. The predicted octanol–water partition coefficient (Wildman–Crippen LogP) is 3.63. The molecule has 0 aliphatic carbocycles. The quantitative estimate of drug-likeness (QED) is 0.696. The lowest BCUT2D eigenvalue weighted by Gasteiger charge is -2.09. The second-order valence-electron chi connectivity index (χ2n) is 4.52. The minimum atomic E-state index is -0.384. The average Bonchev–Trinajstić information content (AvgIpc) is 2.88. The van der Waals surface area contributed by atoms with E-state index in [1.54, 1.807) is 24.3 Å². The number of nitrogens with zero attached hydrogens (tertiary/aromatic N) is 1. The van der Waals surface area contributed by atoms with Gasteiger partial charge in [0, 0.05) is 17.2 Å². The summed E-state index contributed by atoms with van der Waals surface area (Å²) in [6, 6.07) is 9.38. The number of benzene rings is 2. The van der Waals surface area contributed by atoms with Crippen LogP contribution in [0, 0.1) is 5.82 Å². The number of fused-ring (bicyclic) bond motifs is 1. The monoisotopic (exact) mass is 307 g/mol. The van der Waals surface area contributed by atoms with E-state index in [-0.39, 0.29) is 19.0 Å². The van der Waals surface area contributed by atoms with Crippen molar-refractivity contribution in [2.45, 2.75) is 6.61 Å². The van der Waals surface area contributed by atoms with Crippen molar-refractivity contribution in [3.8, 4) is 11.5 Å². The first-order valence-corrected chi connectivity index (χ1v) is 6.60. The first-order valence-electron chi connectivity index (χ1n) is 6.22. The van der Waals surface area contributed by atoms with Crippen molar-refractivity contribution in [1.82, 2.24) is 0 Å². The smallest absolute Gasteiger partial charge is 0.134 e. The number of oxime groups is 1. The number of halogens is 2. The molecule has 1 aliphatic rings. The Hall–Kier alpha value is -2.27. The van der Waals surface area contributed by atoms with Crippen LogP contribution in [0.1, 0.15) is 11.1 Å². The molecule has 4 nitrogen and oxygen atoms in total. The third kappa shape index (κ3) is 2.78. The molecule has 1 N–H and O–H groups in total. The van der Waals surface area contributed by atoms with Gasteiger partial charge in [0.25, 0.3) is 0 Å². The van der Waals surface area contributed by atoms with Gasteiger partial charge in [0.15, 0.2) is 0 Å². The highest BCUT2D eigenvalue weighted by Crippen LogP contribution is 2.30. The minimum absolute atomic E-state index is 0.221. The van der Waals surface area contributed by atoms with Crippen molar-refractivity contribution in [2.24, 2.45) is 5.16 Å². The Labute approximate surface area is 125 Å². The number of ether oxygens (including phenoxy) is 2.